The fourth-order valence-corrected chi connectivity index (χ4v) is 8.70. The minimum Gasteiger partial charge on any atom is -0.337 e. The van der Waals surface area contributed by atoms with Gasteiger partial charge in [-0.25, -0.2) is 19.9 Å². The molecule has 0 N–H and O–H groups in total. The van der Waals surface area contributed by atoms with Crippen LogP contribution in [-0.2, 0) is 13.1 Å². The number of carbonyl (C=O) groups excluding carboxylic acids is 2. The number of hydrogen-bond donors (Lipinski definition) is 0. The van der Waals surface area contributed by atoms with E-state index in [-0.39, 0.29) is 11.8 Å². The van der Waals surface area contributed by atoms with Crippen LogP contribution in [0.2, 0.25) is 10.0 Å². The third-order valence-corrected chi connectivity index (χ3v) is 10.8. The van der Waals surface area contributed by atoms with E-state index >= 15 is 0 Å². The standard InChI is InChI=1S/C36H32Cl2N8O2S2/c1-23-17-27(37)19-29-31(23)41-35(49-29)45(13-3-11-43-15-9-39-21-43)33(47)25-5-7-26(8-6-25)34(48)46(14-4-12-44-16-10-40-22-44)36-42-32-24(2)18-28(38)20-30(32)50-36/h5-10,15-22H,3-4,11-14H2,1-2H3. The maximum atomic E-state index is 14.1. The van der Waals surface area contributed by atoms with E-state index in [1.807, 2.05) is 59.6 Å². The summed E-state index contributed by atoms with van der Waals surface area (Å²) in [6.45, 7) is 6.20. The minimum atomic E-state index is -0.201. The van der Waals surface area contributed by atoms with E-state index < -0.39 is 0 Å². The Hall–Kier alpha value is -4.62. The molecule has 4 heterocycles. The van der Waals surface area contributed by atoms with Crippen molar-refractivity contribution in [2.45, 2.75) is 39.8 Å². The highest BCUT2D eigenvalue weighted by molar-refractivity contribution is 7.22. The van der Waals surface area contributed by atoms with Crippen molar-refractivity contribution in [1.82, 2.24) is 29.1 Å². The lowest BCUT2D eigenvalue weighted by atomic mass is 10.1. The van der Waals surface area contributed by atoms with Crippen LogP contribution in [0.3, 0.4) is 0 Å². The Morgan fingerprint density at radius 3 is 1.48 bits per heavy atom. The number of thiazole rings is 2. The molecule has 0 saturated heterocycles. The van der Waals surface area contributed by atoms with Crippen LogP contribution in [0, 0.1) is 13.8 Å². The van der Waals surface area contributed by atoms with Crippen molar-refractivity contribution >= 4 is 88.4 Å². The van der Waals surface area contributed by atoms with Crippen molar-refractivity contribution < 1.29 is 9.59 Å². The van der Waals surface area contributed by atoms with Crippen molar-refractivity contribution in [2.75, 3.05) is 22.9 Å². The molecule has 4 aromatic heterocycles. The zero-order valence-corrected chi connectivity index (χ0v) is 30.4. The molecule has 3 aromatic carbocycles. The highest BCUT2D eigenvalue weighted by atomic mass is 35.5. The summed E-state index contributed by atoms with van der Waals surface area (Å²) in [6.07, 6.45) is 12.2. The molecule has 2 amide bonds. The number of rotatable bonds is 12. The first-order valence-corrected chi connectivity index (χ1v) is 18.4. The predicted octanol–water partition coefficient (Wildman–Crippen LogP) is 8.70. The highest BCUT2D eigenvalue weighted by Crippen LogP contribution is 2.35. The Labute approximate surface area is 306 Å². The fraction of sp³-hybridized carbons (Fsp3) is 0.222. The lowest BCUT2D eigenvalue weighted by Crippen LogP contribution is -2.33. The van der Waals surface area contributed by atoms with Crippen molar-refractivity contribution in [3.8, 4) is 0 Å². The quantitative estimate of drug-likeness (QED) is 0.124. The molecule has 0 fully saturated rings. The third-order valence-electron chi connectivity index (χ3n) is 8.32. The number of carbonyl (C=O) groups is 2. The third kappa shape index (κ3) is 7.29. The Bertz CT molecular complexity index is 2120. The van der Waals surface area contributed by atoms with Crippen molar-refractivity contribution in [1.29, 1.82) is 0 Å². The van der Waals surface area contributed by atoms with Crippen LogP contribution < -0.4 is 9.80 Å². The van der Waals surface area contributed by atoms with Gasteiger partial charge in [0, 0.05) is 72.1 Å². The van der Waals surface area contributed by atoms with Gasteiger partial charge in [-0.3, -0.25) is 19.4 Å². The number of benzene rings is 3. The van der Waals surface area contributed by atoms with E-state index in [2.05, 4.69) is 9.97 Å². The zero-order valence-electron chi connectivity index (χ0n) is 27.3. The van der Waals surface area contributed by atoms with Crippen molar-refractivity contribution in [3.05, 3.63) is 118 Å². The predicted molar refractivity (Wildman–Crippen MR) is 202 cm³/mol. The molecular formula is C36H32Cl2N8O2S2. The van der Waals surface area contributed by atoms with Crippen molar-refractivity contribution in [2.24, 2.45) is 0 Å². The van der Waals surface area contributed by atoms with E-state index in [0.29, 0.717) is 70.5 Å². The lowest BCUT2D eigenvalue weighted by molar-refractivity contribution is 0.0975. The number of nitrogens with zero attached hydrogens (tertiary/aromatic N) is 8. The maximum Gasteiger partial charge on any atom is 0.260 e. The normalized spacial score (nSPS) is 11.4. The van der Waals surface area contributed by atoms with E-state index in [4.69, 9.17) is 33.2 Å². The van der Waals surface area contributed by atoms with Gasteiger partial charge in [-0.1, -0.05) is 45.9 Å². The van der Waals surface area contributed by atoms with Crippen LogP contribution in [0.4, 0.5) is 10.3 Å². The van der Waals surface area contributed by atoms with Gasteiger partial charge in [0.2, 0.25) is 0 Å². The van der Waals surface area contributed by atoms with Gasteiger partial charge in [0.25, 0.3) is 11.8 Å². The molecule has 0 atom stereocenters. The Morgan fingerprint density at radius 2 is 1.10 bits per heavy atom. The molecule has 0 aliphatic carbocycles. The number of halogens is 2. The first-order chi connectivity index (χ1) is 24.2. The molecule has 14 heteroatoms. The Morgan fingerprint density at radius 1 is 0.680 bits per heavy atom. The smallest absolute Gasteiger partial charge is 0.260 e. The molecule has 0 spiro atoms. The molecular weight excluding hydrogens is 711 g/mol. The first kappa shape index (κ1) is 33.9. The lowest BCUT2D eigenvalue weighted by Gasteiger charge is -2.21. The summed E-state index contributed by atoms with van der Waals surface area (Å²) in [4.78, 5) is 49.7. The summed E-state index contributed by atoms with van der Waals surface area (Å²) in [7, 11) is 0. The first-order valence-electron chi connectivity index (χ1n) is 16.0. The van der Waals surface area contributed by atoms with E-state index in [1.54, 1.807) is 59.1 Å². The van der Waals surface area contributed by atoms with Crippen LogP contribution >= 0.6 is 45.9 Å². The zero-order chi connectivity index (χ0) is 34.8. The topological polar surface area (TPSA) is 102 Å². The van der Waals surface area contributed by atoms with Gasteiger partial charge in [-0.2, -0.15) is 0 Å². The van der Waals surface area contributed by atoms with Crippen molar-refractivity contribution in [3.63, 3.8) is 0 Å². The number of aromatic nitrogens is 6. The van der Waals surface area contributed by atoms with Gasteiger partial charge in [0.1, 0.15) is 0 Å². The molecule has 254 valence electrons. The van der Waals surface area contributed by atoms with Gasteiger partial charge in [-0.05, 0) is 86.3 Å². The summed E-state index contributed by atoms with van der Waals surface area (Å²) in [5.41, 5.74) is 4.45. The van der Waals surface area contributed by atoms with Gasteiger partial charge >= 0.3 is 0 Å². The van der Waals surface area contributed by atoms with Crippen LogP contribution in [-0.4, -0.2) is 54.0 Å². The molecule has 50 heavy (non-hydrogen) atoms. The molecule has 0 aliphatic heterocycles. The largest absolute Gasteiger partial charge is 0.337 e. The molecule has 0 radical (unpaired) electrons. The SMILES string of the molecule is Cc1cc(Cl)cc2sc(N(CCCn3ccnc3)C(=O)c3ccc(C(=O)N(CCCn4ccnc4)c4nc5c(C)cc(Cl)cc5s4)cc3)nc12. The van der Waals surface area contributed by atoms with Gasteiger partial charge < -0.3 is 9.13 Å². The van der Waals surface area contributed by atoms with E-state index in [0.717, 1.165) is 31.6 Å². The summed E-state index contributed by atoms with van der Waals surface area (Å²) in [6, 6.07) is 14.3. The maximum absolute atomic E-state index is 14.1. The average Bonchev–Trinajstić information content (AvgIpc) is 3.92. The average molecular weight is 744 g/mol. The van der Waals surface area contributed by atoms with E-state index in [9.17, 15) is 9.59 Å². The second kappa shape index (κ2) is 14.7. The number of aryl methyl sites for hydroxylation is 4. The van der Waals surface area contributed by atoms with Crippen LogP contribution in [0.15, 0.2) is 86.0 Å². The van der Waals surface area contributed by atoms with Gasteiger partial charge in [0.05, 0.1) is 33.1 Å². The Balaban J connectivity index is 1.15. The molecule has 0 saturated carbocycles. The number of amides is 2. The summed E-state index contributed by atoms with van der Waals surface area (Å²) >= 11 is 15.6. The van der Waals surface area contributed by atoms with Gasteiger partial charge in [-0.15, -0.1) is 0 Å². The molecule has 10 nitrogen and oxygen atoms in total. The molecule has 0 bridgehead atoms. The Kier molecular flexibility index (Phi) is 9.95. The van der Waals surface area contributed by atoms with Crippen LogP contribution in [0.25, 0.3) is 20.4 Å². The number of hydrogen-bond acceptors (Lipinski definition) is 8. The highest BCUT2D eigenvalue weighted by Gasteiger charge is 2.25. The van der Waals surface area contributed by atoms with Crippen LogP contribution in [0.5, 0.6) is 0 Å². The molecule has 0 unspecified atom stereocenters. The molecule has 7 aromatic rings. The summed E-state index contributed by atoms with van der Waals surface area (Å²) < 4.78 is 5.79. The van der Waals surface area contributed by atoms with E-state index in [1.165, 1.54) is 22.7 Å². The fourth-order valence-electron chi connectivity index (χ4n) is 5.81. The number of fused-ring (bicyclic) bond motifs is 2. The van der Waals surface area contributed by atoms with Gasteiger partial charge in [0.15, 0.2) is 10.3 Å². The second-order valence-electron chi connectivity index (χ2n) is 11.9. The summed E-state index contributed by atoms with van der Waals surface area (Å²) in [5.74, 6) is -0.402. The summed E-state index contributed by atoms with van der Waals surface area (Å²) in [5, 5.41) is 2.45. The molecule has 7 rings (SSSR count). The molecule has 0 aliphatic rings. The number of imidazole rings is 2. The monoisotopic (exact) mass is 742 g/mol. The minimum absolute atomic E-state index is 0.201. The van der Waals surface area contributed by atoms with Crippen LogP contribution in [0.1, 0.15) is 44.7 Å². The second-order valence-corrected chi connectivity index (χ2v) is 14.8. The number of anilines is 2.